The molecule has 1 unspecified atom stereocenters. The minimum atomic E-state index is 0.198. The average Bonchev–Trinajstić information content (AvgIpc) is 3.35. The van der Waals surface area contributed by atoms with Gasteiger partial charge in [0.1, 0.15) is 5.82 Å². The highest BCUT2D eigenvalue weighted by molar-refractivity contribution is 5.53. The second kappa shape index (κ2) is 7.76. The Balaban J connectivity index is 1.48. The van der Waals surface area contributed by atoms with Crippen molar-refractivity contribution >= 4 is 5.82 Å². The summed E-state index contributed by atoms with van der Waals surface area (Å²) >= 11 is 0. The average molecular weight is 383 g/mol. The molecule has 29 heavy (non-hydrogen) atoms. The highest BCUT2D eigenvalue weighted by Crippen LogP contribution is 2.34. The van der Waals surface area contributed by atoms with E-state index in [1.165, 1.54) is 22.3 Å². The number of pyridine rings is 3. The monoisotopic (exact) mass is 383 g/mol. The molecule has 0 spiro atoms. The molecule has 2 aliphatic heterocycles. The standard InChI is InChI=1S/C24H25N5/c1-28-12-8-21-16-29(17-23(21)28)24-18(5-4-11-27-24)13-22(19-6-2-9-25-14-19)20-7-3-10-26-15-20/h2-11,14-15,22-23H,12-13,16-17H2,1H3. The van der Waals surface area contributed by atoms with Crippen molar-refractivity contribution in [1.82, 2.24) is 19.9 Å². The maximum Gasteiger partial charge on any atom is 0.132 e. The van der Waals surface area contributed by atoms with Gasteiger partial charge in [-0.1, -0.05) is 24.3 Å². The van der Waals surface area contributed by atoms with Crippen LogP contribution in [0.5, 0.6) is 0 Å². The first-order valence-electron chi connectivity index (χ1n) is 10.2. The molecule has 0 bridgehead atoms. The normalized spacial score (nSPS) is 18.9. The molecule has 0 saturated carbocycles. The van der Waals surface area contributed by atoms with Crippen molar-refractivity contribution < 1.29 is 0 Å². The van der Waals surface area contributed by atoms with Crippen LogP contribution in [0.25, 0.3) is 0 Å². The lowest BCUT2D eigenvalue weighted by molar-refractivity contribution is 0.341. The van der Waals surface area contributed by atoms with Crippen LogP contribution in [0.15, 0.2) is 79.0 Å². The molecule has 0 amide bonds. The van der Waals surface area contributed by atoms with Crippen molar-refractivity contribution in [2.75, 3.05) is 31.6 Å². The summed E-state index contributed by atoms with van der Waals surface area (Å²) in [5.74, 6) is 1.30. The zero-order valence-electron chi connectivity index (χ0n) is 16.6. The van der Waals surface area contributed by atoms with E-state index in [1.54, 1.807) is 0 Å². The molecular weight excluding hydrogens is 358 g/mol. The van der Waals surface area contributed by atoms with Crippen LogP contribution in [0.1, 0.15) is 22.6 Å². The summed E-state index contributed by atoms with van der Waals surface area (Å²) in [5, 5.41) is 0. The van der Waals surface area contributed by atoms with E-state index in [1.807, 2.05) is 49.2 Å². The summed E-state index contributed by atoms with van der Waals surface area (Å²) in [5.41, 5.74) is 5.21. The van der Waals surface area contributed by atoms with E-state index in [2.05, 4.69) is 51.1 Å². The van der Waals surface area contributed by atoms with Crippen molar-refractivity contribution in [3.63, 3.8) is 0 Å². The Hall–Kier alpha value is -3.05. The molecule has 1 fully saturated rings. The topological polar surface area (TPSA) is 45.2 Å². The minimum Gasteiger partial charge on any atom is -0.350 e. The van der Waals surface area contributed by atoms with Gasteiger partial charge in [-0.2, -0.15) is 0 Å². The second-order valence-electron chi connectivity index (χ2n) is 7.93. The van der Waals surface area contributed by atoms with Crippen LogP contribution in [0, 0.1) is 0 Å². The van der Waals surface area contributed by atoms with E-state index < -0.39 is 0 Å². The van der Waals surface area contributed by atoms with Crippen LogP contribution < -0.4 is 4.90 Å². The Kier molecular flexibility index (Phi) is 4.82. The van der Waals surface area contributed by atoms with E-state index in [0.717, 1.165) is 31.9 Å². The molecule has 0 aliphatic carbocycles. The second-order valence-corrected chi connectivity index (χ2v) is 7.93. The predicted molar refractivity (Wildman–Crippen MR) is 115 cm³/mol. The van der Waals surface area contributed by atoms with Crippen LogP contribution in [0.4, 0.5) is 5.82 Å². The SMILES string of the molecule is CN1CC=C2CN(c3ncccc3CC(c3cccnc3)c3cccnc3)CC21. The fourth-order valence-corrected chi connectivity index (χ4v) is 4.58. The number of hydrogen-bond acceptors (Lipinski definition) is 5. The number of fused-ring (bicyclic) bond motifs is 1. The number of nitrogens with zero attached hydrogens (tertiary/aromatic N) is 5. The molecular formula is C24H25N5. The van der Waals surface area contributed by atoms with Gasteiger partial charge in [-0.15, -0.1) is 0 Å². The first kappa shape index (κ1) is 18.0. The largest absolute Gasteiger partial charge is 0.350 e. The molecule has 5 nitrogen and oxygen atoms in total. The lowest BCUT2D eigenvalue weighted by Crippen LogP contribution is -2.32. The molecule has 0 N–H and O–H groups in total. The highest BCUT2D eigenvalue weighted by atomic mass is 15.3. The summed E-state index contributed by atoms with van der Waals surface area (Å²) in [7, 11) is 2.21. The Morgan fingerprint density at radius 1 is 1.00 bits per heavy atom. The Bertz CT molecular complexity index is 963. The molecule has 1 atom stereocenters. The van der Waals surface area contributed by atoms with Gasteiger partial charge < -0.3 is 4.90 Å². The number of rotatable bonds is 5. The van der Waals surface area contributed by atoms with Crippen LogP contribution in [0.2, 0.25) is 0 Å². The molecule has 1 saturated heterocycles. The van der Waals surface area contributed by atoms with Crippen molar-refractivity contribution in [3.05, 3.63) is 95.7 Å². The van der Waals surface area contributed by atoms with Gasteiger partial charge in [0.05, 0.1) is 6.04 Å². The van der Waals surface area contributed by atoms with Crippen LogP contribution in [-0.2, 0) is 6.42 Å². The zero-order valence-corrected chi connectivity index (χ0v) is 16.6. The minimum absolute atomic E-state index is 0.198. The lowest BCUT2D eigenvalue weighted by Gasteiger charge is -2.25. The third kappa shape index (κ3) is 3.54. The molecule has 3 aromatic heterocycles. The zero-order chi connectivity index (χ0) is 19.6. The molecule has 0 radical (unpaired) electrons. The third-order valence-electron chi connectivity index (χ3n) is 6.13. The van der Waals surface area contributed by atoms with Crippen LogP contribution in [-0.4, -0.2) is 52.6 Å². The van der Waals surface area contributed by atoms with Gasteiger partial charge in [0, 0.05) is 56.5 Å². The number of hydrogen-bond donors (Lipinski definition) is 0. The van der Waals surface area contributed by atoms with Gasteiger partial charge in [-0.05, 0) is 53.9 Å². The number of likely N-dealkylation sites (N-methyl/N-ethyl adjacent to an activating group) is 1. The maximum absolute atomic E-state index is 4.80. The van der Waals surface area contributed by atoms with E-state index in [9.17, 15) is 0 Å². The predicted octanol–water partition coefficient (Wildman–Crippen LogP) is 3.31. The summed E-state index contributed by atoms with van der Waals surface area (Å²) in [6.45, 7) is 3.05. The van der Waals surface area contributed by atoms with Crippen LogP contribution in [0.3, 0.4) is 0 Å². The number of anilines is 1. The van der Waals surface area contributed by atoms with Gasteiger partial charge in [-0.25, -0.2) is 4.98 Å². The molecule has 3 aromatic rings. The van der Waals surface area contributed by atoms with E-state index in [4.69, 9.17) is 4.98 Å². The highest BCUT2D eigenvalue weighted by Gasteiger charge is 2.35. The Morgan fingerprint density at radius 2 is 1.72 bits per heavy atom. The van der Waals surface area contributed by atoms with E-state index in [-0.39, 0.29) is 5.92 Å². The molecule has 2 aliphatic rings. The molecule has 5 heterocycles. The van der Waals surface area contributed by atoms with Gasteiger partial charge in [0.2, 0.25) is 0 Å². The Morgan fingerprint density at radius 3 is 2.38 bits per heavy atom. The summed E-state index contributed by atoms with van der Waals surface area (Å²) < 4.78 is 0. The van der Waals surface area contributed by atoms with Gasteiger partial charge in [0.25, 0.3) is 0 Å². The fourth-order valence-electron chi connectivity index (χ4n) is 4.58. The third-order valence-corrected chi connectivity index (χ3v) is 6.13. The first-order chi connectivity index (χ1) is 14.3. The smallest absolute Gasteiger partial charge is 0.132 e. The molecule has 5 rings (SSSR count). The van der Waals surface area contributed by atoms with Gasteiger partial charge in [-0.3, -0.25) is 14.9 Å². The van der Waals surface area contributed by atoms with Crippen LogP contribution >= 0.6 is 0 Å². The molecule has 0 aromatic carbocycles. The van der Waals surface area contributed by atoms with E-state index in [0.29, 0.717) is 6.04 Å². The van der Waals surface area contributed by atoms with Gasteiger partial charge >= 0.3 is 0 Å². The number of aromatic nitrogens is 3. The quantitative estimate of drug-likeness (QED) is 0.633. The summed E-state index contributed by atoms with van der Waals surface area (Å²) in [6, 6.07) is 13.1. The molecule has 146 valence electrons. The van der Waals surface area contributed by atoms with Crippen molar-refractivity contribution in [1.29, 1.82) is 0 Å². The van der Waals surface area contributed by atoms with Crippen molar-refractivity contribution in [2.45, 2.75) is 18.4 Å². The Labute approximate surface area is 171 Å². The van der Waals surface area contributed by atoms with Crippen molar-refractivity contribution in [2.24, 2.45) is 0 Å². The van der Waals surface area contributed by atoms with Crippen molar-refractivity contribution in [3.8, 4) is 0 Å². The van der Waals surface area contributed by atoms with Gasteiger partial charge in [0.15, 0.2) is 0 Å². The maximum atomic E-state index is 4.80. The fraction of sp³-hybridized carbons (Fsp3) is 0.292. The first-order valence-corrected chi connectivity index (χ1v) is 10.2. The van der Waals surface area contributed by atoms with E-state index >= 15 is 0 Å². The molecule has 5 heteroatoms. The lowest BCUT2D eigenvalue weighted by atomic mass is 9.87. The summed E-state index contributed by atoms with van der Waals surface area (Å²) in [6.07, 6.45) is 12.7. The summed E-state index contributed by atoms with van der Waals surface area (Å²) in [4.78, 5) is 18.4.